The van der Waals surface area contributed by atoms with Crippen LogP contribution in [0.1, 0.15) is 34.6 Å². The molecule has 0 bridgehead atoms. The highest BCUT2D eigenvalue weighted by molar-refractivity contribution is 5.87. The van der Waals surface area contributed by atoms with Crippen molar-refractivity contribution in [1.29, 1.82) is 0 Å². The van der Waals surface area contributed by atoms with Crippen molar-refractivity contribution < 1.29 is 33.2 Å². The van der Waals surface area contributed by atoms with Crippen molar-refractivity contribution in [1.82, 2.24) is 0 Å². The van der Waals surface area contributed by atoms with Gasteiger partial charge in [-0.05, 0) is 34.6 Å². The number of hydrogen-bond donors (Lipinski definition) is 0. The second-order valence-electron chi connectivity index (χ2n) is 7.09. The van der Waals surface area contributed by atoms with E-state index < -0.39 is 42.1 Å². The van der Waals surface area contributed by atoms with Crippen LogP contribution in [0.25, 0.3) is 0 Å². The monoisotopic (exact) mass is 328 g/mol. The van der Waals surface area contributed by atoms with Crippen molar-refractivity contribution in [3.05, 3.63) is 12.2 Å². The lowest BCUT2D eigenvalue weighted by atomic mass is 10.1. The number of rotatable bonds is 3. The van der Waals surface area contributed by atoms with Gasteiger partial charge < -0.3 is 28.4 Å². The third kappa shape index (κ3) is 3.29. The Labute approximate surface area is 135 Å². The van der Waals surface area contributed by atoms with Gasteiger partial charge in [-0.25, -0.2) is 4.79 Å². The van der Waals surface area contributed by atoms with Gasteiger partial charge in [-0.3, -0.25) is 0 Å². The zero-order chi connectivity index (χ0) is 17.0. The van der Waals surface area contributed by atoms with Gasteiger partial charge >= 0.3 is 5.97 Å². The molecule has 0 spiro atoms. The maximum atomic E-state index is 12.0. The van der Waals surface area contributed by atoms with Crippen molar-refractivity contribution in [3.63, 3.8) is 0 Å². The highest BCUT2D eigenvalue weighted by atomic mass is 16.8. The molecule has 5 atom stereocenters. The van der Waals surface area contributed by atoms with Crippen molar-refractivity contribution >= 4 is 5.97 Å². The normalized spacial score (nSPS) is 40.8. The van der Waals surface area contributed by atoms with Gasteiger partial charge in [0, 0.05) is 5.57 Å². The molecule has 3 heterocycles. The van der Waals surface area contributed by atoms with Crippen LogP contribution in [0.3, 0.4) is 0 Å². The molecular formula is C16H24O7. The zero-order valence-corrected chi connectivity index (χ0v) is 14.2. The molecular weight excluding hydrogens is 304 g/mol. The minimum Gasteiger partial charge on any atom is -0.453 e. The molecule has 0 aromatic carbocycles. The molecule has 0 N–H and O–H groups in total. The first-order valence-corrected chi connectivity index (χ1v) is 7.77. The van der Waals surface area contributed by atoms with Gasteiger partial charge in [-0.1, -0.05) is 6.58 Å². The average Bonchev–Trinajstić information content (AvgIpc) is 3.01. The molecule has 130 valence electrons. The Morgan fingerprint density at radius 1 is 1.09 bits per heavy atom. The summed E-state index contributed by atoms with van der Waals surface area (Å²) in [4.78, 5) is 12.0. The van der Waals surface area contributed by atoms with Crippen LogP contribution in [0.2, 0.25) is 0 Å². The van der Waals surface area contributed by atoms with E-state index >= 15 is 0 Å². The molecule has 0 unspecified atom stereocenters. The minimum absolute atomic E-state index is 0.314. The van der Waals surface area contributed by atoms with Crippen molar-refractivity contribution in [2.75, 3.05) is 6.61 Å². The fourth-order valence-corrected chi connectivity index (χ4v) is 3.04. The fourth-order valence-electron chi connectivity index (χ4n) is 3.04. The Bertz CT molecular complexity index is 513. The highest BCUT2D eigenvalue weighted by Gasteiger charge is 2.60. The third-order valence-electron chi connectivity index (χ3n) is 4.02. The molecule has 3 aliphatic rings. The van der Waals surface area contributed by atoms with Crippen molar-refractivity contribution in [2.45, 2.75) is 76.9 Å². The van der Waals surface area contributed by atoms with E-state index in [1.165, 1.54) is 0 Å². The second kappa shape index (κ2) is 5.53. The van der Waals surface area contributed by atoms with Gasteiger partial charge in [0.2, 0.25) is 0 Å². The standard InChI is InChI=1S/C16H24O7/c1-8(2)13(17)19-11-10(9-7-18-15(3,4)21-9)20-14-12(11)22-16(5,6)23-14/h9-12,14H,1,7H2,2-6H3/t9-,10-,11+,12-,14+/m1/s1. The quantitative estimate of drug-likeness (QED) is 0.574. The first kappa shape index (κ1) is 16.9. The Kier molecular flexibility index (Phi) is 4.05. The molecule has 0 amide bonds. The Balaban J connectivity index is 1.79. The van der Waals surface area contributed by atoms with Crippen LogP contribution < -0.4 is 0 Å². The molecule has 3 aliphatic heterocycles. The van der Waals surface area contributed by atoms with Gasteiger partial charge in [-0.2, -0.15) is 0 Å². The molecule has 0 aliphatic carbocycles. The van der Waals surface area contributed by atoms with E-state index in [4.69, 9.17) is 28.4 Å². The summed E-state index contributed by atoms with van der Waals surface area (Å²) >= 11 is 0. The number of carbonyl (C=O) groups excluding carboxylic acids is 1. The van der Waals surface area contributed by atoms with Gasteiger partial charge in [0.25, 0.3) is 0 Å². The molecule has 0 aromatic rings. The van der Waals surface area contributed by atoms with E-state index in [2.05, 4.69) is 6.58 Å². The molecule has 3 fully saturated rings. The average molecular weight is 328 g/mol. The summed E-state index contributed by atoms with van der Waals surface area (Å²) in [6, 6.07) is 0. The molecule has 7 nitrogen and oxygen atoms in total. The second-order valence-corrected chi connectivity index (χ2v) is 7.09. The van der Waals surface area contributed by atoms with E-state index in [1.54, 1.807) is 20.8 Å². The summed E-state index contributed by atoms with van der Waals surface area (Å²) in [5, 5.41) is 0. The van der Waals surface area contributed by atoms with Crippen molar-refractivity contribution in [3.8, 4) is 0 Å². The fraction of sp³-hybridized carbons (Fsp3) is 0.812. The maximum absolute atomic E-state index is 12.0. The lowest BCUT2D eigenvalue weighted by molar-refractivity contribution is -0.234. The maximum Gasteiger partial charge on any atom is 0.333 e. The van der Waals surface area contributed by atoms with E-state index in [0.29, 0.717) is 12.2 Å². The Morgan fingerprint density at radius 3 is 2.35 bits per heavy atom. The predicted molar refractivity (Wildman–Crippen MR) is 78.3 cm³/mol. The van der Waals surface area contributed by atoms with E-state index in [0.717, 1.165) is 0 Å². The van der Waals surface area contributed by atoms with E-state index in [1.807, 2.05) is 13.8 Å². The van der Waals surface area contributed by atoms with Gasteiger partial charge in [0.1, 0.15) is 12.2 Å². The van der Waals surface area contributed by atoms with Gasteiger partial charge in [-0.15, -0.1) is 0 Å². The lowest BCUT2D eigenvalue weighted by Crippen LogP contribution is -2.45. The highest BCUT2D eigenvalue weighted by Crippen LogP contribution is 2.42. The van der Waals surface area contributed by atoms with Crippen LogP contribution >= 0.6 is 0 Å². The first-order chi connectivity index (χ1) is 10.6. The predicted octanol–water partition coefficient (Wildman–Crippen LogP) is 1.50. The third-order valence-corrected chi connectivity index (χ3v) is 4.02. The zero-order valence-electron chi connectivity index (χ0n) is 14.2. The topological polar surface area (TPSA) is 72.5 Å². The Hall–Kier alpha value is -0.990. The van der Waals surface area contributed by atoms with E-state index in [9.17, 15) is 4.79 Å². The number of ether oxygens (including phenoxy) is 6. The summed E-state index contributed by atoms with van der Waals surface area (Å²) < 4.78 is 34.5. The van der Waals surface area contributed by atoms with Gasteiger partial charge in [0.15, 0.2) is 30.1 Å². The number of fused-ring (bicyclic) bond motifs is 1. The molecule has 0 radical (unpaired) electrons. The van der Waals surface area contributed by atoms with Gasteiger partial charge in [0.05, 0.1) is 6.61 Å². The largest absolute Gasteiger partial charge is 0.453 e. The van der Waals surface area contributed by atoms with Crippen LogP contribution in [-0.2, 0) is 33.2 Å². The smallest absolute Gasteiger partial charge is 0.333 e. The lowest BCUT2D eigenvalue weighted by Gasteiger charge is -2.28. The summed E-state index contributed by atoms with van der Waals surface area (Å²) in [5.41, 5.74) is 0.314. The molecule has 3 rings (SSSR count). The molecule has 23 heavy (non-hydrogen) atoms. The summed E-state index contributed by atoms with van der Waals surface area (Å²) in [6.45, 7) is 12.8. The number of hydrogen-bond acceptors (Lipinski definition) is 7. The SMILES string of the molecule is C=C(C)C(=O)O[C@@H]1[C@H]2OC(C)(C)O[C@@H]2O[C@@H]1[C@H]1COC(C)(C)O1. The molecule has 3 saturated heterocycles. The Morgan fingerprint density at radius 2 is 1.78 bits per heavy atom. The van der Waals surface area contributed by atoms with Crippen LogP contribution in [0.15, 0.2) is 12.2 Å². The summed E-state index contributed by atoms with van der Waals surface area (Å²) in [7, 11) is 0. The molecule has 0 aromatic heterocycles. The van der Waals surface area contributed by atoms with Crippen molar-refractivity contribution in [2.24, 2.45) is 0 Å². The van der Waals surface area contributed by atoms with E-state index in [-0.39, 0.29) is 6.10 Å². The molecule has 0 saturated carbocycles. The molecule has 7 heteroatoms. The van der Waals surface area contributed by atoms with Crippen LogP contribution in [0.5, 0.6) is 0 Å². The number of carbonyl (C=O) groups is 1. The van der Waals surface area contributed by atoms with Crippen LogP contribution in [0, 0.1) is 0 Å². The summed E-state index contributed by atoms with van der Waals surface area (Å²) in [5.74, 6) is -1.98. The minimum atomic E-state index is -0.791. The van der Waals surface area contributed by atoms with Crippen LogP contribution in [-0.4, -0.2) is 54.9 Å². The first-order valence-electron chi connectivity index (χ1n) is 7.77. The van der Waals surface area contributed by atoms with Crippen LogP contribution in [0.4, 0.5) is 0 Å². The summed E-state index contributed by atoms with van der Waals surface area (Å²) in [6.07, 6.45) is -2.65. The number of esters is 1.